The highest BCUT2D eigenvalue weighted by Gasteiger charge is 2.17. The molecule has 0 aromatic heterocycles. The van der Waals surface area contributed by atoms with E-state index in [1.165, 1.54) is 6.08 Å². The largest absolute Gasteiger partial charge is 0.326 e. The lowest BCUT2D eigenvalue weighted by Crippen LogP contribution is -2.16. The normalized spacial score (nSPS) is 10.1. The summed E-state index contributed by atoms with van der Waals surface area (Å²) in [6, 6.07) is 0. The number of carbonyl (C=O) groups excluding carboxylic acids is 2. The Morgan fingerprint density at radius 2 is 1.45 bits per heavy atom. The van der Waals surface area contributed by atoms with Crippen LogP contribution in [-0.4, -0.2) is 11.8 Å². The van der Waals surface area contributed by atoms with Crippen molar-refractivity contribution in [2.24, 2.45) is 0 Å². The molecule has 1 aromatic carbocycles. The molecule has 0 aliphatic carbocycles. The zero-order chi connectivity index (χ0) is 15.4. The molecule has 4 heteroatoms. The van der Waals surface area contributed by atoms with Gasteiger partial charge in [-0.2, -0.15) is 0 Å². The third-order valence-corrected chi connectivity index (χ3v) is 3.64. The van der Waals surface area contributed by atoms with Gasteiger partial charge in [0.05, 0.1) is 0 Å². The molecule has 0 unspecified atom stereocenters. The molecular weight excluding hydrogens is 252 g/mol. The van der Waals surface area contributed by atoms with Crippen LogP contribution < -0.4 is 10.6 Å². The molecule has 0 fully saturated rings. The van der Waals surface area contributed by atoms with Crippen LogP contribution in [0, 0.1) is 27.7 Å². The van der Waals surface area contributed by atoms with Crippen molar-refractivity contribution in [3.63, 3.8) is 0 Å². The number of carbonyl (C=O) groups is 2. The van der Waals surface area contributed by atoms with Crippen molar-refractivity contribution in [3.8, 4) is 0 Å². The van der Waals surface area contributed by atoms with Gasteiger partial charge in [-0.1, -0.05) is 13.5 Å². The fraction of sp³-hybridized carbons (Fsp3) is 0.375. The van der Waals surface area contributed by atoms with E-state index >= 15 is 0 Å². The molecular formula is C16H22N2O2. The average molecular weight is 274 g/mol. The summed E-state index contributed by atoms with van der Waals surface area (Å²) in [6.45, 7) is 13.1. The number of anilines is 2. The van der Waals surface area contributed by atoms with Gasteiger partial charge >= 0.3 is 0 Å². The fourth-order valence-corrected chi connectivity index (χ4v) is 2.12. The molecule has 0 heterocycles. The van der Waals surface area contributed by atoms with Crippen LogP contribution in [0.5, 0.6) is 0 Å². The first-order valence-corrected chi connectivity index (χ1v) is 6.67. The Morgan fingerprint density at radius 3 is 1.90 bits per heavy atom. The summed E-state index contributed by atoms with van der Waals surface area (Å²) in [7, 11) is 0. The summed E-state index contributed by atoms with van der Waals surface area (Å²) >= 11 is 0. The number of nitrogens with one attached hydrogen (secondary N) is 2. The maximum Gasteiger partial charge on any atom is 0.247 e. The molecule has 0 aliphatic rings. The standard InChI is InChI=1S/C16H22N2O2/c1-7-13(19)17-15-10(4)9(3)11(5)16(12(15)6)18-14(20)8-2/h7H,1,8H2,2-6H3,(H,17,19)(H,18,20). The van der Waals surface area contributed by atoms with Gasteiger partial charge in [-0.25, -0.2) is 0 Å². The lowest BCUT2D eigenvalue weighted by atomic mass is 9.95. The van der Waals surface area contributed by atoms with Gasteiger partial charge in [0.15, 0.2) is 0 Å². The molecule has 0 radical (unpaired) electrons. The lowest BCUT2D eigenvalue weighted by molar-refractivity contribution is -0.116. The molecule has 0 aliphatic heterocycles. The van der Waals surface area contributed by atoms with E-state index in [0.29, 0.717) is 6.42 Å². The highest BCUT2D eigenvalue weighted by Crippen LogP contribution is 2.34. The summed E-state index contributed by atoms with van der Waals surface area (Å²) in [5, 5.41) is 5.73. The second-order valence-electron chi connectivity index (χ2n) is 4.85. The molecule has 1 rings (SSSR count). The predicted octanol–water partition coefficient (Wildman–Crippen LogP) is 3.39. The second-order valence-corrected chi connectivity index (χ2v) is 4.85. The summed E-state index contributed by atoms with van der Waals surface area (Å²) in [5.74, 6) is -0.298. The third-order valence-electron chi connectivity index (χ3n) is 3.64. The Balaban J connectivity index is 3.41. The van der Waals surface area contributed by atoms with Crippen molar-refractivity contribution in [3.05, 3.63) is 34.9 Å². The summed E-state index contributed by atoms with van der Waals surface area (Å²) in [5.41, 5.74) is 5.47. The van der Waals surface area contributed by atoms with Crippen LogP contribution in [0.3, 0.4) is 0 Å². The highest BCUT2D eigenvalue weighted by atomic mass is 16.2. The minimum atomic E-state index is -0.257. The highest BCUT2D eigenvalue weighted by molar-refractivity contribution is 6.02. The quantitative estimate of drug-likeness (QED) is 0.827. The average Bonchev–Trinajstić information content (AvgIpc) is 2.45. The van der Waals surface area contributed by atoms with E-state index in [2.05, 4.69) is 17.2 Å². The second kappa shape index (κ2) is 6.37. The smallest absolute Gasteiger partial charge is 0.247 e. The van der Waals surface area contributed by atoms with Crippen LogP contribution >= 0.6 is 0 Å². The fourth-order valence-electron chi connectivity index (χ4n) is 2.12. The Hall–Kier alpha value is -2.10. The molecule has 0 saturated heterocycles. The molecule has 4 nitrogen and oxygen atoms in total. The van der Waals surface area contributed by atoms with Gasteiger partial charge in [0.1, 0.15) is 0 Å². The van der Waals surface area contributed by atoms with Gasteiger partial charge in [-0.3, -0.25) is 9.59 Å². The monoisotopic (exact) mass is 274 g/mol. The Morgan fingerprint density at radius 1 is 0.950 bits per heavy atom. The van der Waals surface area contributed by atoms with Gasteiger partial charge in [0.25, 0.3) is 0 Å². The van der Waals surface area contributed by atoms with Crippen LogP contribution in [0.4, 0.5) is 11.4 Å². The van der Waals surface area contributed by atoms with Crippen molar-refractivity contribution >= 4 is 23.2 Å². The van der Waals surface area contributed by atoms with Crippen molar-refractivity contribution in [1.29, 1.82) is 0 Å². The summed E-state index contributed by atoms with van der Waals surface area (Å²) in [4.78, 5) is 23.2. The molecule has 0 atom stereocenters. The topological polar surface area (TPSA) is 58.2 Å². The molecule has 2 N–H and O–H groups in total. The van der Waals surface area contributed by atoms with Crippen LogP contribution in [0.1, 0.15) is 35.6 Å². The molecule has 0 bridgehead atoms. The first-order valence-electron chi connectivity index (χ1n) is 6.67. The van der Waals surface area contributed by atoms with Crippen molar-refractivity contribution in [2.45, 2.75) is 41.0 Å². The first-order chi connectivity index (χ1) is 9.33. The van der Waals surface area contributed by atoms with Crippen LogP contribution in [0.2, 0.25) is 0 Å². The minimum Gasteiger partial charge on any atom is -0.326 e. The number of hydrogen-bond donors (Lipinski definition) is 2. The number of benzene rings is 1. The van der Waals surface area contributed by atoms with E-state index in [9.17, 15) is 9.59 Å². The number of rotatable bonds is 4. The van der Waals surface area contributed by atoms with Gasteiger partial charge in [0.2, 0.25) is 11.8 Å². The molecule has 1 aromatic rings. The van der Waals surface area contributed by atoms with Crippen LogP contribution in [0.15, 0.2) is 12.7 Å². The van der Waals surface area contributed by atoms with E-state index < -0.39 is 0 Å². The van der Waals surface area contributed by atoms with Crippen molar-refractivity contribution < 1.29 is 9.59 Å². The number of hydrogen-bond acceptors (Lipinski definition) is 2. The Kier molecular flexibility index (Phi) is 5.08. The van der Waals surface area contributed by atoms with E-state index in [1.54, 1.807) is 6.92 Å². The van der Waals surface area contributed by atoms with Crippen LogP contribution in [-0.2, 0) is 9.59 Å². The summed E-state index contributed by atoms with van der Waals surface area (Å²) < 4.78 is 0. The third kappa shape index (κ3) is 3.07. The van der Waals surface area contributed by atoms with E-state index in [4.69, 9.17) is 0 Å². The van der Waals surface area contributed by atoms with Gasteiger partial charge < -0.3 is 10.6 Å². The molecule has 108 valence electrons. The van der Waals surface area contributed by atoms with E-state index in [0.717, 1.165) is 33.6 Å². The maximum absolute atomic E-state index is 11.7. The van der Waals surface area contributed by atoms with Crippen molar-refractivity contribution in [2.75, 3.05) is 10.6 Å². The number of amides is 2. The van der Waals surface area contributed by atoms with Crippen LogP contribution in [0.25, 0.3) is 0 Å². The maximum atomic E-state index is 11.7. The van der Waals surface area contributed by atoms with E-state index in [-0.39, 0.29) is 11.8 Å². The molecule has 0 spiro atoms. The Labute approximate surface area is 120 Å². The molecule has 0 saturated carbocycles. The van der Waals surface area contributed by atoms with E-state index in [1.807, 2.05) is 27.7 Å². The molecule has 20 heavy (non-hydrogen) atoms. The Bertz CT molecular complexity index is 575. The SMILES string of the molecule is C=CC(=O)Nc1c(C)c(C)c(C)c(NC(=O)CC)c1C. The molecule has 2 amide bonds. The zero-order valence-electron chi connectivity index (χ0n) is 12.8. The minimum absolute atomic E-state index is 0.0412. The predicted molar refractivity (Wildman–Crippen MR) is 83.1 cm³/mol. The zero-order valence-corrected chi connectivity index (χ0v) is 12.8. The first kappa shape index (κ1) is 16.0. The van der Waals surface area contributed by atoms with Gasteiger partial charge in [0, 0.05) is 17.8 Å². The van der Waals surface area contributed by atoms with Crippen molar-refractivity contribution in [1.82, 2.24) is 0 Å². The lowest BCUT2D eigenvalue weighted by Gasteiger charge is -2.21. The summed E-state index contributed by atoms with van der Waals surface area (Å²) in [6.07, 6.45) is 1.65. The van der Waals surface area contributed by atoms with Gasteiger partial charge in [-0.05, 0) is 56.0 Å². The van der Waals surface area contributed by atoms with Gasteiger partial charge in [-0.15, -0.1) is 0 Å².